The van der Waals surface area contributed by atoms with Gasteiger partial charge in [-0.15, -0.1) is 0 Å². The molecule has 8 nitrogen and oxygen atoms in total. The molecule has 4 amide bonds. The molecule has 1 spiro atoms. The number of imide groups is 1. The van der Waals surface area contributed by atoms with E-state index in [0.717, 1.165) is 19.3 Å². The molecule has 2 fully saturated rings. The highest BCUT2D eigenvalue weighted by atomic mass is 16.5. The summed E-state index contributed by atoms with van der Waals surface area (Å²) >= 11 is 0. The van der Waals surface area contributed by atoms with Gasteiger partial charge in [0.15, 0.2) is 6.61 Å². The molecule has 1 aliphatic heterocycles. The van der Waals surface area contributed by atoms with Crippen molar-refractivity contribution in [2.45, 2.75) is 57.4 Å². The Labute approximate surface area is 128 Å². The smallest absolute Gasteiger partial charge is 0.344 e. The number of nitrogens with one attached hydrogen (secondary N) is 2. The van der Waals surface area contributed by atoms with Crippen molar-refractivity contribution in [2.75, 3.05) is 6.61 Å². The van der Waals surface area contributed by atoms with Gasteiger partial charge in [-0.05, 0) is 19.3 Å². The molecule has 1 heterocycles. The van der Waals surface area contributed by atoms with E-state index in [1.807, 2.05) is 6.92 Å². The summed E-state index contributed by atoms with van der Waals surface area (Å²) in [5.74, 6) is -1.63. The first-order valence-electron chi connectivity index (χ1n) is 7.60. The lowest BCUT2D eigenvalue weighted by Gasteiger charge is -2.30. The van der Waals surface area contributed by atoms with E-state index in [4.69, 9.17) is 4.74 Å². The van der Waals surface area contributed by atoms with Gasteiger partial charge in [-0.2, -0.15) is 5.01 Å². The van der Waals surface area contributed by atoms with E-state index < -0.39 is 36.0 Å². The number of hydrogen-bond acceptors (Lipinski definition) is 5. The predicted molar refractivity (Wildman–Crippen MR) is 75.2 cm³/mol. The van der Waals surface area contributed by atoms with Crippen LogP contribution in [0.2, 0.25) is 0 Å². The zero-order valence-electron chi connectivity index (χ0n) is 12.6. The average Bonchev–Trinajstić information content (AvgIpc) is 2.71. The Balaban J connectivity index is 1.89. The van der Waals surface area contributed by atoms with Crippen molar-refractivity contribution in [1.82, 2.24) is 15.8 Å². The molecule has 122 valence electrons. The van der Waals surface area contributed by atoms with Crippen LogP contribution in [0, 0.1) is 0 Å². The van der Waals surface area contributed by atoms with Gasteiger partial charge in [-0.1, -0.05) is 26.2 Å². The van der Waals surface area contributed by atoms with E-state index in [0.29, 0.717) is 24.3 Å². The van der Waals surface area contributed by atoms with E-state index in [-0.39, 0.29) is 6.42 Å². The number of urea groups is 1. The van der Waals surface area contributed by atoms with Gasteiger partial charge in [0.2, 0.25) is 0 Å². The van der Waals surface area contributed by atoms with Crippen LogP contribution < -0.4 is 10.7 Å². The molecule has 2 N–H and O–H groups in total. The molecule has 2 rings (SSSR count). The minimum absolute atomic E-state index is 0.222. The minimum Gasteiger partial charge on any atom is -0.455 e. The number of hydrazine groups is 1. The van der Waals surface area contributed by atoms with Crippen molar-refractivity contribution >= 4 is 23.8 Å². The molecule has 0 bridgehead atoms. The zero-order valence-corrected chi connectivity index (χ0v) is 12.6. The molecule has 1 saturated heterocycles. The quantitative estimate of drug-likeness (QED) is 0.572. The number of esters is 1. The van der Waals surface area contributed by atoms with Crippen LogP contribution in [0.3, 0.4) is 0 Å². The van der Waals surface area contributed by atoms with Crippen molar-refractivity contribution < 1.29 is 23.9 Å². The molecule has 0 aromatic carbocycles. The number of rotatable bonds is 5. The van der Waals surface area contributed by atoms with E-state index in [2.05, 4.69) is 10.7 Å². The number of carbonyl (C=O) groups excluding carboxylic acids is 4. The second-order valence-electron chi connectivity index (χ2n) is 5.66. The number of amides is 4. The summed E-state index contributed by atoms with van der Waals surface area (Å²) in [5, 5.41) is 3.37. The molecule has 0 aromatic rings. The van der Waals surface area contributed by atoms with Gasteiger partial charge < -0.3 is 10.1 Å². The molecule has 1 saturated carbocycles. The predicted octanol–water partition coefficient (Wildman–Crippen LogP) is 0.616. The summed E-state index contributed by atoms with van der Waals surface area (Å²) in [6, 6.07) is -0.639. The van der Waals surface area contributed by atoms with Crippen LogP contribution >= 0.6 is 0 Å². The first-order chi connectivity index (χ1) is 10.5. The lowest BCUT2D eigenvalue weighted by Crippen LogP contribution is -2.51. The maximum absolute atomic E-state index is 12.4. The Morgan fingerprint density at radius 3 is 2.59 bits per heavy atom. The molecular weight excluding hydrogens is 290 g/mol. The lowest BCUT2D eigenvalue weighted by atomic mass is 9.82. The summed E-state index contributed by atoms with van der Waals surface area (Å²) in [6.45, 7) is 1.31. The van der Waals surface area contributed by atoms with E-state index >= 15 is 0 Å². The molecule has 0 aromatic heterocycles. The molecule has 22 heavy (non-hydrogen) atoms. The maximum Gasteiger partial charge on any atom is 0.344 e. The Bertz CT molecular complexity index is 485. The highest BCUT2D eigenvalue weighted by Crippen LogP contribution is 2.32. The third-order valence-corrected chi connectivity index (χ3v) is 3.92. The number of carbonyl (C=O) groups is 4. The molecule has 2 aliphatic rings. The second-order valence-corrected chi connectivity index (χ2v) is 5.66. The van der Waals surface area contributed by atoms with Crippen LogP contribution in [0.15, 0.2) is 0 Å². The van der Waals surface area contributed by atoms with Gasteiger partial charge in [-0.25, -0.2) is 4.79 Å². The summed E-state index contributed by atoms with van der Waals surface area (Å²) in [4.78, 5) is 47.2. The molecular formula is C14H21N3O5. The van der Waals surface area contributed by atoms with Crippen LogP contribution in [-0.4, -0.2) is 41.0 Å². The average molecular weight is 311 g/mol. The molecule has 0 unspecified atom stereocenters. The van der Waals surface area contributed by atoms with Crippen LogP contribution in [0.4, 0.5) is 4.79 Å². The Morgan fingerprint density at radius 2 is 1.95 bits per heavy atom. The summed E-state index contributed by atoms with van der Waals surface area (Å²) in [6.07, 6.45) is 4.76. The zero-order chi connectivity index (χ0) is 16.2. The summed E-state index contributed by atoms with van der Waals surface area (Å²) in [5.41, 5.74) is 1.32. The van der Waals surface area contributed by atoms with Gasteiger partial charge in [0.1, 0.15) is 5.54 Å². The Kier molecular flexibility index (Phi) is 4.99. The van der Waals surface area contributed by atoms with Crippen molar-refractivity contribution in [2.24, 2.45) is 0 Å². The van der Waals surface area contributed by atoms with Gasteiger partial charge in [0.25, 0.3) is 11.8 Å². The molecule has 8 heteroatoms. The number of nitrogens with zero attached hydrogens (tertiary/aromatic N) is 1. The third kappa shape index (κ3) is 3.37. The normalized spacial score (nSPS) is 20.0. The van der Waals surface area contributed by atoms with Gasteiger partial charge in [0, 0.05) is 6.42 Å². The van der Waals surface area contributed by atoms with Gasteiger partial charge >= 0.3 is 12.0 Å². The number of ether oxygens (including phenoxy) is 1. The standard InChI is InChI=1S/C14H21N3O5/c1-2-6-11(19)22-9-10(18)16-17-12(20)14(15-13(17)21)7-4-3-5-8-14/h2-9H2,1H3,(H,15,21)(H,16,18). The Morgan fingerprint density at radius 1 is 1.27 bits per heavy atom. The van der Waals surface area contributed by atoms with Crippen LogP contribution in [-0.2, 0) is 19.1 Å². The van der Waals surface area contributed by atoms with Gasteiger partial charge in [-0.3, -0.25) is 19.8 Å². The van der Waals surface area contributed by atoms with Crippen molar-refractivity contribution in [3.05, 3.63) is 0 Å². The van der Waals surface area contributed by atoms with Crippen molar-refractivity contribution in [1.29, 1.82) is 0 Å². The fourth-order valence-electron chi connectivity index (χ4n) is 2.80. The highest BCUT2D eigenvalue weighted by Gasteiger charge is 2.52. The minimum atomic E-state index is -0.887. The molecule has 1 aliphatic carbocycles. The monoisotopic (exact) mass is 311 g/mol. The van der Waals surface area contributed by atoms with Gasteiger partial charge in [0.05, 0.1) is 0 Å². The first-order valence-corrected chi connectivity index (χ1v) is 7.60. The summed E-state index contributed by atoms with van der Waals surface area (Å²) in [7, 11) is 0. The SMILES string of the molecule is CCCC(=O)OCC(=O)NN1C(=O)NC2(CCCCC2)C1=O. The lowest BCUT2D eigenvalue weighted by molar-refractivity contribution is -0.150. The first kappa shape index (κ1) is 16.3. The van der Waals surface area contributed by atoms with E-state index in [1.165, 1.54) is 0 Å². The largest absolute Gasteiger partial charge is 0.455 e. The topological polar surface area (TPSA) is 105 Å². The van der Waals surface area contributed by atoms with Crippen molar-refractivity contribution in [3.63, 3.8) is 0 Å². The fraction of sp³-hybridized carbons (Fsp3) is 0.714. The van der Waals surface area contributed by atoms with E-state index in [9.17, 15) is 19.2 Å². The molecule has 0 radical (unpaired) electrons. The Hall–Kier alpha value is -2.12. The maximum atomic E-state index is 12.4. The number of hydrogen-bond donors (Lipinski definition) is 2. The summed E-state index contributed by atoms with van der Waals surface area (Å²) < 4.78 is 4.74. The van der Waals surface area contributed by atoms with Crippen LogP contribution in [0.5, 0.6) is 0 Å². The van der Waals surface area contributed by atoms with Crippen LogP contribution in [0.1, 0.15) is 51.9 Å². The van der Waals surface area contributed by atoms with E-state index in [1.54, 1.807) is 0 Å². The second kappa shape index (κ2) is 6.76. The van der Waals surface area contributed by atoms with Crippen LogP contribution in [0.25, 0.3) is 0 Å². The molecule has 0 atom stereocenters. The van der Waals surface area contributed by atoms with Crippen molar-refractivity contribution in [3.8, 4) is 0 Å². The highest BCUT2D eigenvalue weighted by molar-refractivity contribution is 6.08. The fourth-order valence-corrected chi connectivity index (χ4v) is 2.80. The third-order valence-electron chi connectivity index (χ3n) is 3.92.